The van der Waals surface area contributed by atoms with Crippen molar-refractivity contribution in [2.24, 2.45) is 0 Å². The Morgan fingerprint density at radius 1 is 1.13 bits per heavy atom. The first-order valence-electron chi connectivity index (χ1n) is 11.3. The van der Waals surface area contributed by atoms with Crippen molar-refractivity contribution in [3.8, 4) is 0 Å². The first-order chi connectivity index (χ1) is 15.1. The lowest BCUT2D eigenvalue weighted by molar-refractivity contribution is 0.203. The van der Waals surface area contributed by atoms with E-state index in [1.54, 1.807) is 12.4 Å². The maximum absolute atomic E-state index is 12.9. The number of aryl methyl sites for hydroxylation is 1. The normalized spacial score (nSPS) is 17.9. The number of rotatable bonds is 6. The van der Waals surface area contributed by atoms with Crippen LogP contribution in [-0.4, -0.2) is 45.4 Å². The molecule has 1 aliphatic heterocycles. The number of aromatic nitrogens is 2. The number of pyridine rings is 2. The van der Waals surface area contributed by atoms with Gasteiger partial charge >= 0.3 is 0 Å². The molecular weight excluding hydrogens is 388 g/mol. The summed E-state index contributed by atoms with van der Waals surface area (Å²) in [5.41, 5.74) is 7.51. The van der Waals surface area contributed by atoms with Gasteiger partial charge in [-0.25, -0.2) is 4.68 Å². The van der Waals surface area contributed by atoms with Crippen LogP contribution in [0, 0.1) is 6.92 Å². The third-order valence-corrected chi connectivity index (χ3v) is 6.76. The van der Waals surface area contributed by atoms with E-state index < -0.39 is 0 Å². The van der Waals surface area contributed by atoms with Gasteiger partial charge in [0.2, 0.25) is 0 Å². The van der Waals surface area contributed by atoms with E-state index in [4.69, 9.17) is 5.11 Å². The lowest BCUT2D eigenvalue weighted by Crippen LogP contribution is -2.34. The van der Waals surface area contributed by atoms with Gasteiger partial charge in [-0.05, 0) is 92.4 Å². The monoisotopic (exact) mass is 418 g/mol. The molecule has 0 unspecified atom stereocenters. The van der Waals surface area contributed by atoms with Gasteiger partial charge in [-0.15, -0.1) is 0 Å². The van der Waals surface area contributed by atoms with Gasteiger partial charge < -0.3 is 10.0 Å². The van der Waals surface area contributed by atoms with Crippen LogP contribution in [0.5, 0.6) is 0 Å². The van der Waals surface area contributed by atoms with Crippen LogP contribution in [0.4, 0.5) is 5.69 Å². The van der Waals surface area contributed by atoms with Crippen LogP contribution >= 0.6 is 0 Å². The minimum atomic E-state index is -0.130. The highest BCUT2D eigenvalue weighted by Crippen LogP contribution is 2.36. The summed E-state index contributed by atoms with van der Waals surface area (Å²) in [7, 11) is 0. The fraction of sp³-hybridized carbons (Fsp3) is 0.440. The zero-order chi connectivity index (χ0) is 21.4. The Kier molecular flexibility index (Phi) is 5.50. The van der Waals surface area contributed by atoms with Crippen molar-refractivity contribution in [2.75, 3.05) is 25.1 Å². The van der Waals surface area contributed by atoms with E-state index in [9.17, 15) is 4.79 Å². The molecule has 162 valence electrons. The molecule has 2 fully saturated rings. The van der Waals surface area contributed by atoms with Crippen molar-refractivity contribution in [3.05, 3.63) is 69.9 Å². The first kappa shape index (κ1) is 20.2. The predicted octanol–water partition coefficient (Wildman–Crippen LogP) is 3.46. The molecule has 1 saturated carbocycles. The van der Waals surface area contributed by atoms with E-state index in [0.29, 0.717) is 17.7 Å². The Labute approximate surface area is 182 Å². The zero-order valence-corrected chi connectivity index (χ0v) is 18.1. The summed E-state index contributed by atoms with van der Waals surface area (Å²) in [5.74, 6) is 0.631. The van der Waals surface area contributed by atoms with E-state index in [0.717, 1.165) is 22.8 Å². The lowest BCUT2D eigenvalue weighted by atomic mass is 9.86. The van der Waals surface area contributed by atoms with Crippen molar-refractivity contribution in [1.29, 1.82) is 0 Å². The second-order valence-corrected chi connectivity index (χ2v) is 8.95. The quantitative estimate of drug-likeness (QED) is 0.642. The molecule has 6 heteroatoms. The number of aliphatic hydroxyl groups excluding tert-OH is 1. The molecule has 0 spiro atoms. The molecule has 6 nitrogen and oxygen atoms in total. The van der Waals surface area contributed by atoms with Gasteiger partial charge in [0.15, 0.2) is 0 Å². The summed E-state index contributed by atoms with van der Waals surface area (Å²) in [4.78, 5) is 19.9. The highest BCUT2D eigenvalue weighted by atomic mass is 16.3. The highest BCUT2D eigenvalue weighted by molar-refractivity contribution is 5.81. The van der Waals surface area contributed by atoms with E-state index in [-0.39, 0.29) is 12.2 Å². The number of hydrogen-bond acceptors (Lipinski definition) is 5. The van der Waals surface area contributed by atoms with Crippen LogP contribution in [0.25, 0.3) is 10.8 Å². The van der Waals surface area contributed by atoms with Gasteiger partial charge in [-0.3, -0.25) is 15.2 Å². The van der Waals surface area contributed by atoms with Crippen molar-refractivity contribution in [2.45, 2.75) is 51.0 Å². The molecule has 0 atom stereocenters. The van der Waals surface area contributed by atoms with Crippen LogP contribution in [0.15, 0.2) is 47.5 Å². The molecular formula is C25H30N4O2. The number of anilines is 1. The number of nitrogens with one attached hydrogen (secondary N) is 1. The van der Waals surface area contributed by atoms with Crippen molar-refractivity contribution in [3.63, 3.8) is 0 Å². The van der Waals surface area contributed by atoms with Gasteiger partial charge in [0.05, 0.1) is 11.1 Å². The average molecular weight is 419 g/mol. The Balaban J connectivity index is 1.32. The van der Waals surface area contributed by atoms with Crippen LogP contribution in [0.1, 0.15) is 48.4 Å². The van der Waals surface area contributed by atoms with Crippen LogP contribution < -0.4 is 11.0 Å². The van der Waals surface area contributed by atoms with Crippen LogP contribution in [-0.2, 0) is 6.42 Å². The van der Waals surface area contributed by atoms with Gasteiger partial charge in [-0.2, -0.15) is 0 Å². The second kappa shape index (κ2) is 8.44. The number of fused-ring (bicyclic) bond motifs is 1. The van der Waals surface area contributed by atoms with Gasteiger partial charge in [0.25, 0.3) is 5.56 Å². The Bertz CT molecular complexity index is 1140. The third kappa shape index (κ3) is 4.23. The minimum Gasteiger partial charge on any atom is -0.396 e. The molecule has 1 saturated heterocycles. The summed E-state index contributed by atoms with van der Waals surface area (Å²) in [6.07, 6.45) is 9.09. The largest absolute Gasteiger partial charge is 0.396 e. The summed E-state index contributed by atoms with van der Waals surface area (Å²) >= 11 is 0. The molecule has 2 aliphatic rings. The number of nitrogens with zero attached hydrogens (tertiary/aromatic N) is 3. The van der Waals surface area contributed by atoms with Crippen molar-refractivity contribution in [1.82, 2.24) is 14.6 Å². The van der Waals surface area contributed by atoms with Crippen molar-refractivity contribution < 1.29 is 5.11 Å². The van der Waals surface area contributed by atoms with Crippen LogP contribution in [0.2, 0.25) is 0 Å². The number of piperidine rings is 1. The van der Waals surface area contributed by atoms with E-state index >= 15 is 0 Å². The molecule has 3 aromatic rings. The summed E-state index contributed by atoms with van der Waals surface area (Å²) in [5, 5.41) is 10.5. The number of benzene rings is 1. The smallest absolute Gasteiger partial charge is 0.278 e. The Morgan fingerprint density at radius 2 is 1.94 bits per heavy atom. The summed E-state index contributed by atoms with van der Waals surface area (Å²) in [6.45, 7) is 4.65. The molecule has 2 N–H and O–H groups in total. The fourth-order valence-electron chi connectivity index (χ4n) is 4.88. The highest BCUT2D eigenvalue weighted by Gasteiger charge is 2.32. The minimum absolute atomic E-state index is 0.0477. The molecule has 5 rings (SSSR count). The van der Waals surface area contributed by atoms with E-state index in [2.05, 4.69) is 40.4 Å². The third-order valence-electron chi connectivity index (χ3n) is 6.76. The first-order valence-corrected chi connectivity index (χ1v) is 11.3. The number of hydrogen-bond donors (Lipinski definition) is 2. The van der Waals surface area contributed by atoms with Crippen molar-refractivity contribution >= 4 is 16.5 Å². The molecule has 3 heterocycles. The molecule has 31 heavy (non-hydrogen) atoms. The molecule has 0 bridgehead atoms. The molecule has 1 aromatic carbocycles. The van der Waals surface area contributed by atoms with Gasteiger partial charge in [0, 0.05) is 37.2 Å². The Morgan fingerprint density at radius 3 is 2.65 bits per heavy atom. The lowest BCUT2D eigenvalue weighted by Gasteiger charge is -2.33. The van der Waals surface area contributed by atoms with Gasteiger partial charge in [0.1, 0.15) is 0 Å². The maximum atomic E-state index is 12.9. The summed E-state index contributed by atoms with van der Waals surface area (Å²) in [6, 6.07) is 11.1. The number of likely N-dealkylation sites (tertiary alicyclic amines) is 1. The number of aliphatic hydroxyl groups is 1. The molecule has 0 amide bonds. The summed E-state index contributed by atoms with van der Waals surface area (Å²) < 4.78 is 1.51. The maximum Gasteiger partial charge on any atom is 0.278 e. The molecule has 0 radical (unpaired) electrons. The molecule has 1 aliphatic carbocycles. The Hall–Kier alpha value is -2.70. The fourth-order valence-corrected chi connectivity index (χ4v) is 4.88. The molecule has 2 aromatic heterocycles. The average Bonchev–Trinajstić information content (AvgIpc) is 3.62. The van der Waals surface area contributed by atoms with Gasteiger partial charge in [-0.1, -0.05) is 6.07 Å². The standard InChI is InChI=1S/C25H30N4O2/c1-17-14-21(2-5-23(17)18-6-10-28(11-7-18)22-3-4-22)27-29-12-8-19-15-20(9-13-30)26-16-24(19)25(29)31/h2,5,8,12,14-16,18,22,27,30H,3-4,6-7,9-11,13H2,1H3. The SMILES string of the molecule is Cc1cc(Nn2ccc3cc(CCO)ncc3c2=O)ccc1C1CCN(C2CC2)CC1. The van der Waals surface area contributed by atoms with E-state index in [1.807, 2.05) is 12.1 Å². The topological polar surface area (TPSA) is 70.4 Å². The second-order valence-electron chi connectivity index (χ2n) is 8.95. The predicted molar refractivity (Wildman–Crippen MR) is 124 cm³/mol. The van der Waals surface area contributed by atoms with Crippen LogP contribution in [0.3, 0.4) is 0 Å². The van der Waals surface area contributed by atoms with E-state index in [1.165, 1.54) is 54.6 Å². The zero-order valence-electron chi connectivity index (χ0n) is 18.1.